The van der Waals surface area contributed by atoms with Gasteiger partial charge in [0.05, 0.1) is 18.2 Å². The highest BCUT2D eigenvalue weighted by atomic mass is 16.5. The molecule has 1 aliphatic rings. The van der Waals surface area contributed by atoms with Crippen molar-refractivity contribution in [3.05, 3.63) is 99.6 Å². The topological polar surface area (TPSA) is 99.4 Å². The van der Waals surface area contributed by atoms with Crippen LogP contribution in [0.25, 0.3) is 0 Å². The van der Waals surface area contributed by atoms with Crippen LogP contribution in [0.1, 0.15) is 43.7 Å². The van der Waals surface area contributed by atoms with Crippen LogP contribution in [-0.4, -0.2) is 29.1 Å². The molecule has 0 fully saturated rings. The van der Waals surface area contributed by atoms with Gasteiger partial charge in [-0.05, 0) is 60.4 Å². The fourth-order valence-electron chi connectivity index (χ4n) is 4.37. The van der Waals surface area contributed by atoms with Crippen molar-refractivity contribution in [2.24, 2.45) is 0 Å². The quantitative estimate of drug-likeness (QED) is 0.559. The Morgan fingerprint density at radius 2 is 1.85 bits per heavy atom. The Kier molecular flexibility index (Phi) is 6.38. The molecule has 0 heterocycles. The first kappa shape index (κ1) is 23.1. The van der Waals surface area contributed by atoms with Crippen LogP contribution >= 0.6 is 0 Å². The van der Waals surface area contributed by atoms with Gasteiger partial charge in [0.25, 0.3) is 5.91 Å². The van der Waals surface area contributed by atoms with Gasteiger partial charge in [0.1, 0.15) is 11.3 Å². The molecule has 1 unspecified atom stereocenters. The molecular weight excluding hydrogens is 428 g/mol. The largest absolute Gasteiger partial charge is 0.493 e. The molecule has 3 aromatic rings. The Labute approximate surface area is 198 Å². The first-order chi connectivity index (χ1) is 16.3. The van der Waals surface area contributed by atoms with Crippen LogP contribution in [0.5, 0.6) is 5.75 Å². The summed E-state index contributed by atoms with van der Waals surface area (Å²) < 4.78 is 5.96. The fourth-order valence-corrected chi connectivity index (χ4v) is 4.37. The number of nitriles is 1. The molecule has 0 spiro atoms. The molecule has 34 heavy (non-hydrogen) atoms. The van der Waals surface area contributed by atoms with Crippen molar-refractivity contribution < 1.29 is 19.4 Å². The maximum Gasteiger partial charge on any atom is 0.330 e. The second-order valence-electron chi connectivity index (χ2n) is 8.86. The number of nitrogens with zero attached hydrogens (tertiary/aromatic N) is 1. The molecule has 0 aliphatic heterocycles. The molecule has 0 saturated heterocycles. The van der Waals surface area contributed by atoms with Gasteiger partial charge in [-0.2, -0.15) is 5.26 Å². The molecule has 3 aromatic carbocycles. The molecule has 0 radical (unpaired) electrons. The van der Waals surface area contributed by atoms with E-state index in [0.717, 1.165) is 23.1 Å². The number of rotatable bonds is 7. The monoisotopic (exact) mass is 454 g/mol. The predicted octanol–water partition coefficient (Wildman–Crippen LogP) is 4.15. The second-order valence-corrected chi connectivity index (χ2v) is 8.86. The highest BCUT2D eigenvalue weighted by Crippen LogP contribution is 2.32. The van der Waals surface area contributed by atoms with E-state index < -0.39 is 17.4 Å². The number of hydrogen-bond donors (Lipinski definition) is 2. The van der Waals surface area contributed by atoms with E-state index in [-0.39, 0.29) is 12.8 Å². The van der Waals surface area contributed by atoms with E-state index in [9.17, 15) is 14.7 Å². The number of amides is 1. The number of ether oxygens (including phenoxy) is 1. The van der Waals surface area contributed by atoms with Crippen molar-refractivity contribution >= 4 is 11.9 Å². The molecule has 1 atom stereocenters. The lowest BCUT2D eigenvalue weighted by atomic mass is 9.95. The zero-order chi connectivity index (χ0) is 24.3. The van der Waals surface area contributed by atoms with E-state index in [1.54, 1.807) is 36.4 Å². The van der Waals surface area contributed by atoms with Gasteiger partial charge < -0.3 is 15.2 Å². The first-order valence-corrected chi connectivity index (χ1v) is 11.2. The predicted molar refractivity (Wildman–Crippen MR) is 128 cm³/mol. The lowest BCUT2D eigenvalue weighted by molar-refractivity contribution is -0.144. The summed E-state index contributed by atoms with van der Waals surface area (Å²) in [5, 5.41) is 21.9. The van der Waals surface area contributed by atoms with E-state index in [0.29, 0.717) is 23.5 Å². The molecule has 6 nitrogen and oxygen atoms in total. The Morgan fingerprint density at radius 3 is 2.59 bits per heavy atom. The summed E-state index contributed by atoms with van der Waals surface area (Å²) in [6, 6.07) is 20.6. The van der Waals surface area contributed by atoms with Gasteiger partial charge in [-0.25, -0.2) is 4.79 Å². The van der Waals surface area contributed by atoms with E-state index in [4.69, 9.17) is 10.00 Å². The number of carbonyl (C=O) groups excluding carboxylic acids is 1. The van der Waals surface area contributed by atoms with E-state index in [2.05, 4.69) is 23.5 Å². The molecule has 172 valence electrons. The van der Waals surface area contributed by atoms with Crippen molar-refractivity contribution in [3.8, 4) is 11.8 Å². The average molecular weight is 455 g/mol. The summed E-state index contributed by atoms with van der Waals surface area (Å²) in [6.07, 6.45) is 1.04. The highest BCUT2D eigenvalue weighted by molar-refractivity contribution is 5.98. The standard InChI is InChI=1S/C28H26N2O4/c1-18-4-3-5-20(12-18)10-11-34-25-14-22(8-6-19(25)2)26(31)30-28(27(32)33)15-23-9-7-21(17-29)13-24(23)16-28/h3-9,12-14H,10-11,15-16H2,1-2H3,(H,30,31)(H,32,33). The number of carbonyl (C=O) groups is 2. The summed E-state index contributed by atoms with van der Waals surface area (Å²) >= 11 is 0. The third-order valence-electron chi connectivity index (χ3n) is 6.26. The van der Waals surface area contributed by atoms with Crippen LogP contribution in [0.15, 0.2) is 60.7 Å². The lowest BCUT2D eigenvalue weighted by Crippen LogP contribution is -2.55. The minimum atomic E-state index is -1.45. The number of hydrogen-bond acceptors (Lipinski definition) is 4. The second kappa shape index (κ2) is 9.40. The van der Waals surface area contributed by atoms with Crippen molar-refractivity contribution in [3.63, 3.8) is 0 Å². The molecule has 6 heteroatoms. The third-order valence-corrected chi connectivity index (χ3v) is 6.26. The summed E-state index contributed by atoms with van der Waals surface area (Å²) in [4.78, 5) is 25.3. The molecule has 1 amide bonds. The fraction of sp³-hybridized carbons (Fsp3) is 0.250. The minimum absolute atomic E-state index is 0.130. The maximum atomic E-state index is 13.1. The summed E-state index contributed by atoms with van der Waals surface area (Å²) in [6.45, 7) is 4.42. The van der Waals surface area contributed by atoms with Gasteiger partial charge in [0, 0.05) is 24.8 Å². The van der Waals surface area contributed by atoms with E-state index >= 15 is 0 Å². The number of carboxylic acid groups (broad SMARTS) is 1. The third kappa shape index (κ3) is 4.79. The van der Waals surface area contributed by atoms with Crippen molar-refractivity contribution in [1.82, 2.24) is 5.32 Å². The SMILES string of the molecule is Cc1cccc(CCOc2cc(C(=O)NC3(C(=O)O)Cc4ccc(C#N)cc4C3)ccc2C)c1. The zero-order valence-corrected chi connectivity index (χ0v) is 19.2. The number of nitrogens with one attached hydrogen (secondary N) is 1. The Balaban J connectivity index is 1.48. The minimum Gasteiger partial charge on any atom is -0.493 e. The molecule has 0 aromatic heterocycles. The zero-order valence-electron chi connectivity index (χ0n) is 19.2. The van der Waals surface area contributed by atoms with Gasteiger partial charge in [0.2, 0.25) is 0 Å². The van der Waals surface area contributed by atoms with E-state index in [1.807, 2.05) is 26.0 Å². The van der Waals surface area contributed by atoms with Crippen LogP contribution in [-0.2, 0) is 24.1 Å². The average Bonchev–Trinajstić information content (AvgIpc) is 3.19. The van der Waals surface area contributed by atoms with Crippen molar-refractivity contribution in [1.29, 1.82) is 5.26 Å². The van der Waals surface area contributed by atoms with Crippen molar-refractivity contribution in [2.75, 3.05) is 6.61 Å². The summed E-state index contributed by atoms with van der Waals surface area (Å²) in [7, 11) is 0. The van der Waals surface area contributed by atoms with Crippen LogP contribution in [0.3, 0.4) is 0 Å². The Hall–Kier alpha value is -4.11. The molecule has 1 aliphatic carbocycles. The van der Waals surface area contributed by atoms with Crippen LogP contribution < -0.4 is 10.1 Å². The van der Waals surface area contributed by atoms with Crippen LogP contribution in [0, 0.1) is 25.2 Å². The molecular formula is C28H26N2O4. The van der Waals surface area contributed by atoms with Gasteiger partial charge >= 0.3 is 5.97 Å². The Morgan fingerprint density at radius 1 is 1.06 bits per heavy atom. The van der Waals surface area contributed by atoms with E-state index in [1.165, 1.54) is 11.1 Å². The lowest BCUT2D eigenvalue weighted by Gasteiger charge is -2.25. The summed E-state index contributed by atoms with van der Waals surface area (Å²) in [5.74, 6) is -0.977. The summed E-state index contributed by atoms with van der Waals surface area (Å²) in [5.41, 5.74) is 4.21. The van der Waals surface area contributed by atoms with Crippen molar-refractivity contribution in [2.45, 2.75) is 38.6 Å². The molecule has 0 bridgehead atoms. The molecule has 4 rings (SSSR count). The number of aryl methyl sites for hydroxylation is 2. The first-order valence-electron chi connectivity index (χ1n) is 11.2. The van der Waals surface area contributed by atoms with Gasteiger partial charge in [0.15, 0.2) is 0 Å². The van der Waals surface area contributed by atoms with Crippen LogP contribution in [0.4, 0.5) is 0 Å². The molecule has 2 N–H and O–H groups in total. The number of benzene rings is 3. The number of carboxylic acids is 1. The Bertz CT molecular complexity index is 1310. The van der Waals surface area contributed by atoms with Gasteiger partial charge in [-0.3, -0.25) is 4.79 Å². The van der Waals surface area contributed by atoms with Gasteiger partial charge in [-0.1, -0.05) is 42.0 Å². The number of aliphatic carboxylic acids is 1. The molecule has 0 saturated carbocycles. The van der Waals surface area contributed by atoms with Crippen LogP contribution in [0.2, 0.25) is 0 Å². The number of fused-ring (bicyclic) bond motifs is 1. The smallest absolute Gasteiger partial charge is 0.330 e. The maximum absolute atomic E-state index is 13.1. The van der Waals surface area contributed by atoms with Gasteiger partial charge in [-0.15, -0.1) is 0 Å². The highest BCUT2D eigenvalue weighted by Gasteiger charge is 2.45. The normalized spacial score (nSPS) is 16.4.